The number of pyridine rings is 1. The lowest BCUT2D eigenvalue weighted by atomic mass is 9.77. The van der Waals surface area contributed by atoms with Crippen LogP contribution in [0.3, 0.4) is 0 Å². The molecule has 156 valence electrons. The monoisotopic (exact) mass is 417 g/mol. The van der Waals surface area contributed by atoms with E-state index >= 15 is 0 Å². The molecule has 4 rings (SSSR count). The molecule has 0 bridgehead atoms. The number of fused-ring (bicyclic) bond motifs is 1. The molecule has 5 atom stereocenters. The maximum absolute atomic E-state index is 14.7. The van der Waals surface area contributed by atoms with E-state index in [1.165, 1.54) is 6.08 Å². The molecular weight excluding hydrogens is 389 g/mol. The van der Waals surface area contributed by atoms with Crippen LogP contribution in [0.2, 0.25) is 5.15 Å². The summed E-state index contributed by atoms with van der Waals surface area (Å²) in [6.45, 7) is 2.32. The third-order valence-electron chi connectivity index (χ3n) is 6.74. The largest absolute Gasteiger partial charge is 0.328 e. The summed E-state index contributed by atoms with van der Waals surface area (Å²) in [5.74, 6) is 0.253. The van der Waals surface area contributed by atoms with Crippen molar-refractivity contribution < 1.29 is 9.18 Å². The van der Waals surface area contributed by atoms with Gasteiger partial charge in [-0.1, -0.05) is 43.5 Å². The molecule has 4 nitrogen and oxygen atoms in total. The van der Waals surface area contributed by atoms with Crippen LogP contribution in [-0.2, 0) is 11.3 Å². The number of nitrogens with two attached hydrogens (primary N) is 1. The highest BCUT2D eigenvalue weighted by molar-refractivity contribution is 6.29. The minimum Gasteiger partial charge on any atom is -0.328 e. The van der Waals surface area contributed by atoms with Gasteiger partial charge < -0.3 is 10.6 Å². The van der Waals surface area contributed by atoms with Gasteiger partial charge in [-0.2, -0.15) is 0 Å². The van der Waals surface area contributed by atoms with Gasteiger partial charge in [0.25, 0.3) is 0 Å². The summed E-state index contributed by atoms with van der Waals surface area (Å²) in [4.78, 5) is 19.3. The zero-order valence-electron chi connectivity index (χ0n) is 16.9. The van der Waals surface area contributed by atoms with Gasteiger partial charge in [0.1, 0.15) is 11.0 Å². The second kappa shape index (κ2) is 8.57. The molecule has 5 unspecified atom stereocenters. The Balaban J connectivity index is 1.64. The van der Waals surface area contributed by atoms with Crippen molar-refractivity contribution in [1.29, 1.82) is 0 Å². The van der Waals surface area contributed by atoms with Crippen LogP contribution in [-0.4, -0.2) is 27.9 Å². The SMILES string of the molecule is CC1C=CC=C(F)C1N1Cc2cnc(Cl)cc2C(CC2CCCC(N)C2)CC1=O. The minimum absolute atomic E-state index is 0.00173. The predicted octanol–water partition coefficient (Wildman–Crippen LogP) is 4.89. The van der Waals surface area contributed by atoms with Crippen molar-refractivity contribution >= 4 is 17.5 Å². The van der Waals surface area contributed by atoms with Gasteiger partial charge in [0, 0.05) is 31.1 Å². The van der Waals surface area contributed by atoms with E-state index in [0.717, 1.165) is 43.2 Å². The van der Waals surface area contributed by atoms with Gasteiger partial charge in [-0.15, -0.1) is 0 Å². The molecule has 2 heterocycles. The summed E-state index contributed by atoms with van der Waals surface area (Å²) < 4.78 is 14.7. The number of halogens is 2. The molecule has 3 aliphatic rings. The summed E-state index contributed by atoms with van der Waals surface area (Å²) in [6, 6.07) is 1.59. The number of hydrogen-bond donors (Lipinski definition) is 1. The molecule has 0 aromatic carbocycles. The predicted molar refractivity (Wildman–Crippen MR) is 113 cm³/mol. The number of allylic oxidation sites excluding steroid dienone is 2. The number of rotatable bonds is 3. The second-order valence-corrected chi connectivity index (χ2v) is 9.28. The zero-order chi connectivity index (χ0) is 20.5. The average Bonchev–Trinajstić information content (AvgIpc) is 2.79. The molecule has 0 spiro atoms. The van der Waals surface area contributed by atoms with Gasteiger partial charge in [-0.05, 0) is 54.4 Å². The van der Waals surface area contributed by atoms with Crippen LogP contribution < -0.4 is 5.73 Å². The lowest BCUT2D eigenvalue weighted by Crippen LogP contribution is -2.43. The van der Waals surface area contributed by atoms with E-state index in [0.29, 0.717) is 24.0 Å². The molecule has 1 fully saturated rings. The molecule has 29 heavy (non-hydrogen) atoms. The van der Waals surface area contributed by atoms with Crippen LogP contribution in [0.25, 0.3) is 0 Å². The highest BCUT2D eigenvalue weighted by Crippen LogP contribution is 2.40. The number of amides is 1. The Labute approximate surface area is 177 Å². The van der Waals surface area contributed by atoms with Gasteiger partial charge in [0.2, 0.25) is 5.91 Å². The summed E-state index contributed by atoms with van der Waals surface area (Å²) in [7, 11) is 0. The molecule has 6 heteroatoms. The molecule has 0 saturated heterocycles. The topological polar surface area (TPSA) is 59.2 Å². The Bertz CT molecular complexity index is 839. The Hall–Kier alpha value is -1.72. The lowest BCUT2D eigenvalue weighted by molar-refractivity contribution is -0.134. The average molecular weight is 418 g/mol. The molecule has 2 N–H and O–H groups in total. The van der Waals surface area contributed by atoms with Crippen LogP contribution >= 0.6 is 11.6 Å². The quantitative estimate of drug-likeness (QED) is 0.712. The number of hydrogen-bond acceptors (Lipinski definition) is 3. The molecular formula is C23H29ClFN3O. The van der Waals surface area contributed by atoms with Gasteiger partial charge in [0.15, 0.2) is 0 Å². The Morgan fingerprint density at radius 3 is 2.97 bits per heavy atom. The van der Waals surface area contributed by atoms with E-state index in [9.17, 15) is 9.18 Å². The molecule has 1 amide bonds. The number of carbonyl (C=O) groups is 1. The first-order valence-electron chi connectivity index (χ1n) is 10.7. The van der Waals surface area contributed by atoms with Crippen molar-refractivity contribution in [3.8, 4) is 0 Å². The first-order valence-corrected chi connectivity index (χ1v) is 11.0. The highest BCUT2D eigenvalue weighted by Gasteiger charge is 2.37. The van der Waals surface area contributed by atoms with E-state index < -0.39 is 6.04 Å². The smallest absolute Gasteiger partial charge is 0.224 e. The molecule has 1 aromatic heterocycles. The number of carbonyl (C=O) groups excluding carboxylic acids is 1. The fourth-order valence-electron chi connectivity index (χ4n) is 5.32. The van der Waals surface area contributed by atoms with Crippen molar-refractivity contribution in [2.24, 2.45) is 17.6 Å². The van der Waals surface area contributed by atoms with Gasteiger partial charge >= 0.3 is 0 Å². The van der Waals surface area contributed by atoms with Gasteiger partial charge in [-0.3, -0.25) is 4.79 Å². The molecule has 1 aliphatic heterocycles. The van der Waals surface area contributed by atoms with Gasteiger partial charge in [-0.25, -0.2) is 9.37 Å². The zero-order valence-corrected chi connectivity index (χ0v) is 17.6. The fourth-order valence-corrected chi connectivity index (χ4v) is 5.48. The summed E-state index contributed by atoms with van der Waals surface area (Å²) in [5.41, 5.74) is 8.26. The normalized spacial score (nSPS) is 32.6. The van der Waals surface area contributed by atoms with Crippen LogP contribution in [0.15, 0.2) is 36.3 Å². The lowest BCUT2D eigenvalue weighted by Gasteiger charge is -2.34. The molecule has 1 saturated carbocycles. The Morgan fingerprint density at radius 2 is 2.21 bits per heavy atom. The van der Waals surface area contributed by atoms with Crippen LogP contribution in [0, 0.1) is 11.8 Å². The number of aromatic nitrogens is 1. The van der Waals surface area contributed by atoms with E-state index in [-0.39, 0.29) is 29.6 Å². The molecule has 0 radical (unpaired) electrons. The Morgan fingerprint density at radius 1 is 1.38 bits per heavy atom. The van der Waals surface area contributed by atoms with E-state index in [2.05, 4.69) is 4.98 Å². The first kappa shape index (κ1) is 20.5. The number of nitrogens with zero attached hydrogens (tertiary/aromatic N) is 2. The van der Waals surface area contributed by atoms with Crippen LogP contribution in [0.5, 0.6) is 0 Å². The first-order chi connectivity index (χ1) is 13.9. The van der Waals surface area contributed by atoms with Crippen LogP contribution in [0.1, 0.15) is 62.5 Å². The van der Waals surface area contributed by atoms with Crippen molar-refractivity contribution in [3.63, 3.8) is 0 Å². The summed E-state index contributed by atoms with van der Waals surface area (Å²) >= 11 is 6.22. The minimum atomic E-state index is -0.558. The van der Waals surface area contributed by atoms with Crippen molar-refractivity contribution in [3.05, 3.63) is 52.6 Å². The van der Waals surface area contributed by atoms with Crippen LogP contribution in [0.4, 0.5) is 4.39 Å². The van der Waals surface area contributed by atoms with E-state index in [1.54, 1.807) is 17.2 Å². The van der Waals surface area contributed by atoms with Crippen molar-refractivity contribution in [2.45, 2.75) is 70.0 Å². The summed E-state index contributed by atoms with van der Waals surface area (Å²) in [5, 5.41) is 0.440. The van der Waals surface area contributed by atoms with Crippen molar-refractivity contribution in [2.75, 3.05) is 0 Å². The third-order valence-corrected chi connectivity index (χ3v) is 6.95. The standard InChI is InChI=1S/C23H29ClFN3O/c1-14-4-2-7-20(25)23(14)28-13-17-12-27-21(24)11-19(17)16(10-22(28)29)8-15-5-3-6-18(26)9-15/h2,4,7,11-12,14-16,18,23H,3,5-6,8-10,13,26H2,1H3. The maximum Gasteiger partial charge on any atom is 0.224 e. The van der Waals surface area contributed by atoms with Crippen molar-refractivity contribution in [1.82, 2.24) is 9.88 Å². The third kappa shape index (κ3) is 4.41. The molecule has 1 aromatic rings. The Kier molecular flexibility index (Phi) is 6.07. The second-order valence-electron chi connectivity index (χ2n) is 8.90. The highest BCUT2D eigenvalue weighted by atomic mass is 35.5. The summed E-state index contributed by atoms with van der Waals surface area (Å²) in [6.07, 6.45) is 12.6. The fraction of sp³-hybridized carbons (Fsp3) is 0.565. The van der Waals surface area contributed by atoms with Gasteiger partial charge in [0.05, 0.1) is 6.04 Å². The van der Waals surface area contributed by atoms with E-state index in [4.69, 9.17) is 17.3 Å². The van der Waals surface area contributed by atoms with E-state index in [1.807, 2.05) is 19.1 Å². The maximum atomic E-state index is 14.7. The molecule has 2 aliphatic carbocycles.